The van der Waals surface area contributed by atoms with Gasteiger partial charge < -0.3 is 5.73 Å². The Balaban J connectivity index is 0.00000220. The Morgan fingerprint density at radius 2 is 2.10 bits per heavy atom. The summed E-state index contributed by atoms with van der Waals surface area (Å²) in [5.74, 6) is -0.468. The van der Waals surface area contributed by atoms with E-state index >= 15 is 0 Å². The van der Waals surface area contributed by atoms with Gasteiger partial charge in [-0.3, -0.25) is 0 Å². The lowest BCUT2D eigenvalue weighted by atomic mass is 10.1. The molecule has 0 spiro atoms. The minimum absolute atomic E-state index is 0. The van der Waals surface area contributed by atoms with Crippen molar-refractivity contribution >= 4 is 50.0 Å². The smallest absolute Gasteiger partial charge is 0.243 e. The highest BCUT2D eigenvalue weighted by molar-refractivity contribution is 9.10. The maximum Gasteiger partial charge on any atom is 0.243 e. The van der Waals surface area contributed by atoms with Crippen molar-refractivity contribution in [3.05, 3.63) is 27.4 Å². The summed E-state index contributed by atoms with van der Waals surface area (Å²) in [7, 11) is -3.82. The molecule has 4 nitrogen and oxygen atoms in total. The Labute approximate surface area is 143 Å². The van der Waals surface area contributed by atoms with Gasteiger partial charge in [-0.25, -0.2) is 17.5 Å². The van der Waals surface area contributed by atoms with Crippen molar-refractivity contribution in [2.24, 2.45) is 11.7 Å². The second-order valence-corrected chi connectivity index (χ2v) is 7.77. The molecule has 0 amide bonds. The summed E-state index contributed by atoms with van der Waals surface area (Å²) in [4.78, 5) is -0.136. The predicted molar refractivity (Wildman–Crippen MR) is 86.9 cm³/mol. The van der Waals surface area contributed by atoms with Gasteiger partial charge in [0.15, 0.2) is 0 Å². The van der Waals surface area contributed by atoms with Gasteiger partial charge in [0.25, 0.3) is 0 Å². The number of benzene rings is 1. The lowest BCUT2D eigenvalue weighted by Gasteiger charge is -2.20. The third kappa shape index (κ3) is 4.30. The number of sulfonamides is 1. The molecule has 1 fully saturated rings. The van der Waals surface area contributed by atoms with E-state index in [1.165, 1.54) is 0 Å². The van der Waals surface area contributed by atoms with Gasteiger partial charge in [0.05, 0.1) is 5.02 Å². The molecule has 0 aliphatic heterocycles. The van der Waals surface area contributed by atoms with E-state index in [9.17, 15) is 12.8 Å². The van der Waals surface area contributed by atoms with Crippen LogP contribution in [0.25, 0.3) is 0 Å². The third-order valence-electron chi connectivity index (χ3n) is 3.50. The molecule has 1 aromatic carbocycles. The van der Waals surface area contributed by atoms with Gasteiger partial charge in [0.2, 0.25) is 10.0 Å². The highest BCUT2D eigenvalue weighted by Gasteiger charge is 2.32. The molecule has 120 valence electrons. The first-order valence-corrected chi connectivity index (χ1v) is 8.87. The summed E-state index contributed by atoms with van der Waals surface area (Å²) in [5.41, 5.74) is 5.64. The molecule has 3 N–H and O–H groups in total. The number of hydrogen-bond donors (Lipinski definition) is 2. The van der Waals surface area contributed by atoms with Crippen LogP contribution in [0.5, 0.6) is 0 Å². The molecule has 0 radical (unpaired) electrons. The third-order valence-corrected chi connectivity index (χ3v) is 6.39. The van der Waals surface area contributed by atoms with Crippen LogP contribution in [0, 0.1) is 11.7 Å². The molecule has 9 heteroatoms. The first-order chi connectivity index (χ1) is 9.35. The molecule has 0 aromatic heterocycles. The average molecular weight is 422 g/mol. The summed E-state index contributed by atoms with van der Waals surface area (Å²) in [6.45, 7) is 0.436. The van der Waals surface area contributed by atoms with E-state index in [1.54, 1.807) is 0 Å². The summed E-state index contributed by atoms with van der Waals surface area (Å²) in [6, 6.07) is 1.86. The van der Waals surface area contributed by atoms with Crippen molar-refractivity contribution in [3.63, 3.8) is 0 Å². The van der Waals surface area contributed by atoms with Gasteiger partial charge in [-0.05, 0) is 53.4 Å². The fourth-order valence-corrected chi connectivity index (χ4v) is 5.67. The van der Waals surface area contributed by atoms with Gasteiger partial charge in [-0.2, -0.15) is 0 Å². The van der Waals surface area contributed by atoms with Gasteiger partial charge >= 0.3 is 0 Å². The van der Waals surface area contributed by atoms with Crippen molar-refractivity contribution in [2.45, 2.75) is 30.2 Å². The van der Waals surface area contributed by atoms with Crippen molar-refractivity contribution in [1.29, 1.82) is 0 Å². The Bertz CT molecular complexity index is 592. The van der Waals surface area contributed by atoms with E-state index < -0.39 is 15.8 Å². The largest absolute Gasteiger partial charge is 0.330 e. The standard InChI is InChI=1S/C12H15BrClFN2O2S.ClH/c13-9-4-8(15)5-10(14)12(9)20(18,19)17-11-3-1-2-7(11)6-16;/h4-5,7,11,17H,1-3,6,16H2;1H. The zero-order valence-electron chi connectivity index (χ0n) is 11.0. The van der Waals surface area contributed by atoms with E-state index in [0.717, 1.165) is 31.4 Å². The quantitative estimate of drug-likeness (QED) is 0.784. The molecule has 0 heterocycles. The van der Waals surface area contributed by atoms with Gasteiger partial charge in [0, 0.05) is 10.5 Å². The molecule has 0 saturated heterocycles. The zero-order chi connectivity index (χ0) is 14.9. The number of hydrogen-bond acceptors (Lipinski definition) is 3. The van der Waals surface area contributed by atoms with Crippen LogP contribution >= 0.6 is 39.9 Å². The van der Waals surface area contributed by atoms with Gasteiger partial charge in [-0.1, -0.05) is 18.0 Å². The van der Waals surface area contributed by atoms with Crippen LogP contribution in [-0.4, -0.2) is 21.0 Å². The predicted octanol–water partition coefficient (Wildman–Crippen LogP) is 3.07. The molecule has 0 bridgehead atoms. The second-order valence-electron chi connectivity index (χ2n) is 4.85. The molecule has 1 aliphatic rings. The van der Waals surface area contributed by atoms with Crippen LogP contribution in [0.4, 0.5) is 4.39 Å². The molecule has 2 unspecified atom stereocenters. The van der Waals surface area contributed by atoms with Crippen LogP contribution in [0.3, 0.4) is 0 Å². The van der Waals surface area contributed by atoms with E-state index in [4.69, 9.17) is 17.3 Å². The monoisotopic (exact) mass is 420 g/mol. The summed E-state index contributed by atoms with van der Waals surface area (Å²) < 4.78 is 40.7. The molecule has 21 heavy (non-hydrogen) atoms. The highest BCUT2D eigenvalue weighted by Crippen LogP contribution is 2.32. The van der Waals surface area contributed by atoms with E-state index in [2.05, 4.69) is 20.7 Å². The highest BCUT2D eigenvalue weighted by atomic mass is 79.9. The van der Waals surface area contributed by atoms with Crippen LogP contribution < -0.4 is 10.5 Å². The fraction of sp³-hybridized carbons (Fsp3) is 0.500. The Kier molecular flexibility index (Phi) is 6.89. The first-order valence-electron chi connectivity index (χ1n) is 6.22. The lowest BCUT2D eigenvalue weighted by Crippen LogP contribution is -2.40. The summed E-state index contributed by atoms with van der Waals surface area (Å²) >= 11 is 8.91. The number of nitrogens with two attached hydrogens (primary N) is 1. The zero-order valence-corrected chi connectivity index (χ0v) is 15.0. The van der Waals surface area contributed by atoms with Crippen molar-refractivity contribution in [1.82, 2.24) is 4.72 Å². The Hall–Kier alpha value is 0.0800. The maximum atomic E-state index is 13.2. The molecule has 1 saturated carbocycles. The average Bonchev–Trinajstić information content (AvgIpc) is 2.73. The van der Waals surface area contributed by atoms with Crippen LogP contribution in [-0.2, 0) is 10.0 Å². The van der Waals surface area contributed by atoms with Crippen molar-refractivity contribution in [3.8, 4) is 0 Å². The topological polar surface area (TPSA) is 72.2 Å². The van der Waals surface area contributed by atoms with E-state index in [1.807, 2.05) is 0 Å². The van der Waals surface area contributed by atoms with Gasteiger partial charge in [0.1, 0.15) is 10.7 Å². The number of nitrogens with one attached hydrogen (secondary N) is 1. The Morgan fingerprint density at radius 3 is 2.67 bits per heavy atom. The van der Waals surface area contributed by atoms with Crippen molar-refractivity contribution < 1.29 is 12.8 Å². The van der Waals surface area contributed by atoms with Crippen LogP contribution in [0.2, 0.25) is 5.02 Å². The minimum atomic E-state index is -3.82. The molecular weight excluding hydrogens is 406 g/mol. The fourth-order valence-electron chi connectivity index (χ4n) is 2.52. The summed E-state index contributed by atoms with van der Waals surface area (Å²) in [5, 5.41) is -0.147. The van der Waals surface area contributed by atoms with E-state index in [-0.39, 0.29) is 38.8 Å². The SMILES string of the molecule is Cl.NCC1CCCC1NS(=O)(=O)c1c(Cl)cc(F)cc1Br. The van der Waals surface area contributed by atoms with Crippen LogP contribution in [0.15, 0.2) is 21.5 Å². The minimum Gasteiger partial charge on any atom is -0.330 e. The van der Waals surface area contributed by atoms with Crippen LogP contribution in [0.1, 0.15) is 19.3 Å². The molecule has 1 aliphatic carbocycles. The molecule has 2 rings (SSSR count). The second kappa shape index (κ2) is 7.57. The Morgan fingerprint density at radius 1 is 1.43 bits per heavy atom. The molecule has 2 atom stereocenters. The number of rotatable bonds is 4. The lowest BCUT2D eigenvalue weighted by molar-refractivity contribution is 0.452. The summed E-state index contributed by atoms with van der Waals surface area (Å²) in [6.07, 6.45) is 2.59. The van der Waals surface area contributed by atoms with E-state index in [0.29, 0.717) is 6.54 Å². The van der Waals surface area contributed by atoms with Crippen molar-refractivity contribution in [2.75, 3.05) is 6.54 Å². The number of halogens is 4. The maximum absolute atomic E-state index is 13.2. The first kappa shape index (κ1) is 19.1. The van der Waals surface area contributed by atoms with Gasteiger partial charge in [-0.15, -0.1) is 12.4 Å². The normalized spacial score (nSPS) is 22.1. The molecule has 1 aromatic rings. The molecular formula is C12H16BrCl2FN2O2S.